The van der Waals surface area contributed by atoms with Crippen molar-refractivity contribution in [3.05, 3.63) is 41.6 Å². The molecule has 2 rings (SSSR count). The van der Waals surface area contributed by atoms with E-state index in [0.29, 0.717) is 5.56 Å². The largest absolute Gasteiger partial charge is 0.298 e. The summed E-state index contributed by atoms with van der Waals surface area (Å²) in [4.78, 5) is 10.8. The van der Waals surface area contributed by atoms with E-state index < -0.39 is 0 Å². The lowest BCUT2D eigenvalue weighted by Crippen LogP contribution is -1.87. The fraction of sp³-hybridized carbons (Fsp3) is 0.286. The quantitative estimate of drug-likeness (QED) is 0.798. The Morgan fingerprint density at radius 3 is 2.71 bits per heavy atom. The highest BCUT2D eigenvalue weighted by molar-refractivity contribution is 5.85. The summed E-state index contributed by atoms with van der Waals surface area (Å²) in [6, 6.07) is 8.29. The average molecular weight is 228 g/mol. The summed E-state index contributed by atoms with van der Waals surface area (Å²) in [6.45, 7) is 2.19. The van der Waals surface area contributed by atoms with Crippen molar-refractivity contribution in [2.24, 2.45) is 0 Å². The van der Waals surface area contributed by atoms with Crippen LogP contribution in [0.25, 0.3) is 11.3 Å². The van der Waals surface area contributed by atoms with Crippen LogP contribution in [0.4, 0.5) is 0 Å². The molecule has 1 aromatic heterocycles. The van der Waals surface area contributed by atoms with Gasteiger partial charge in [0.1, 0.15) is 0 Å². The molecular formula is C14H16N2O. The molecule has 1 N–H and O–H groups in total. The van der Waals surface area contributed by atoms with Gasteiger partial charge in [0.25, 0.3) is 0 Å². The van der Waals surface area contributed by atoms with Crippen molar-refractivity contribution in [2.75, 3.05) is 0 Å². The SMILES string of the molecule is CCCCc1ccc(-c2[nH]ncc2C=O)cc1. The van der Waals surface area contributed by atoms with Gasteiger partial charge in [-0.3, -0.25) is 9.89 Å². The molecule has 0 fully saturated rings. The molecule has 0 amide bonds. The Bertz CT molecular complexity index is 485. The summed E-state index contributed by atoms with van der Waals surface area (Å²) >= 11 is 0. The van der Waals surface area contributed by atoms with E-state index in [1.165, 1.54) is 18.4 Å². The maximum Gasteiger partial charge on any atom is 0.153 e. The number of H-pyrrole nitrogens is 1. The Labute approximate surface area is 101 Å². The molecule has 3 nitrogen and oxygen atoms in total. The first kappa shape index (κ1) is 11.6. The number of aryl methyl sites for hydroxylation is 1. The van der Waals surface area contributed by atoms with Crippen LogP contribution in [0.1, 0.15) is 35.7 Å². The predicted octanol–water partition coefficient (Wildman–Crippen LogP) is 3.23. The predicted molar refractivity (Wildman–Crippen MR) is 68.0 cm³/mol. The monoisotopic (exact) mass is 228 g/mol. The van der Waals surface area contributed by atoms with Gasteiger partial charge in [-0.1, -0.05) is 37.6 Å². The number of hydrogen-bond acceptors (Lipinski definition) is 2. The number of benzene rings is 1. The number of aromatic amines is 1. The Morgan fingerprint density at radius 1 is 1.29 bits per heavy atom. The van der Waals surface area contributed by atoms with E-state index in [9.17, 15) is 4.79 Å². The fourth-order valence-electron chi connectivity index (χ4n) is 1.84. The first-order valence-electron chi connectivity index (χ1n) is 5.93. The molecule has 0 unspecified atom stereocenters. The first-order chi connectivity index (χ1) is 8.35. The van der Waals surface area contributed by atoms with Crippen LogP contribution in [0.15, 0.2) is 30.5 Å². The molecule has 1 heterocycles. The molecule has 0 saturated carbocycles. The summed E-state index contributed by atoms with van der Waals surface area (Å²) in [5.41, 5.74) is 3.74. The van der Waals surface area contributed by atoms with Crippen molar-refractivity contribution in [1.29, 1.82) is 0 Å². The van der Waals surface area contributed by atoms with E-state index in [4.69, 9.17) is 0 Å². The van der Waals surface area contributed by atoms with Gasteiger partial charge in [-0.05, 0) is 18.4 Å². The van der Waals surface area contributed by atoms with Crippen LogP contribution >= 0.6 is 0 Å². The number of nitrogens with zero attached hydrogens (tertiary/aromatic N) is 1. The molecule has 0 aliphatic rings. The molecule has 0 aliphatic heterocycles. The summed E-state index contributed by atoms with van der Waals surface area (Å²) in [5.74, 6) is 0. The van der Waals surface area contributed by atoms with Gasteiger partial charge in [-0.15, -0.1) is 0 Å². The van der Waals surface area contributed by atoms with Gasteiger partial charge in [0.2, 0.25) is 0 Å². The normalized spacial score (nSPS) is 10.4. The van der Waals surface area contributed by atoms with Crippen molar-refractivity contribution in [1.82, 2.24) is 10.2 Å². The summed E-state index contributed by atoms with van der Waals surface area (Å²) in [6.07, 6.45) is 5.90. The molecule has 0 atom stereocenters. The number of aldehydes is 1. The molecule has 88 valence electrons. The van der Waals surface area contributed by atoms with E-state index in [0.717, 1.165) is 24.0 Å². The lowest BCUT2D eigenvalue weighted by molar-refractivity contribution is 0.112. The molecule has 1 aromatic carbocycles. The maximum atomic E-state index is 10.8. The second kappa shape index (κ2) is 5.43. The summed E-state index contributed by atoms with van der Waals surface area (Å²) in [5, 5.41) is 6.74. The van der Waals surface area contributed by atoms with Crippen LogP contribution in [0, 0.1) is 0 Å². The van der Waals surface area contributed by atoms with E-state index in [2.05, 4.69) is 29.3 Å². The van der Waals surface area contributed by atoms with Crippen LogP contribution in [-0.2, 0) is 6.42 Å². The fourth-order valence-corrected chi connectivity index (χ4v) is 1.84. The molecule has 0 spiro atoms. The topological polar surface area (TPSA) is 45.8 Å². The van der Waals surface area contributed by atoms with E-state index in [-0.39, 0.29) is 0 Å². The molecular weight excluding hydrogens is 212 g/mol. The summed E-state index contributed by atoms with van der Waals surface area (Å²) in [7, 11) is 0. The molecule has 0 radical (unpaired) electrons. The minimum absolute atomic E-state index is 0.603. The van der Waals surface area contributed by atoms with Crippen molar-refractivity contribution in [3.63, 3.8) is 0 Å². The van der Waals surface area contributed by atoms with Crippen molar-refractivity contribution >= 4 is 6.29 Å². The third-order valence-electron chi connectivity index (χ3n) is 2.86. The zero-order valence-electron chi connectivity index (χ0n) is 9.94. The smallest absolute Gasteiger partial charge is 0.153 e. The van der Waals surface area contributed by atoms with Crippen molar-refractivity contribution < 1.29 is 4.79 Å². The standard InChI is InChI=1S/C14H16N2O/c1-2-3-4-11-5-7-12(8-6-11)14-13(10-17)9-15-16-14/h5-10H,2-4H2,1H3,(H,15,16). The number of rotatable bonds is 5. The molecule has 0 saturated heterocycles. The van der Waals surface area contributed by atoms with Crippen LogP contribution < -0.4 is 0 Å². The van der Waals surface area contributed by atoms with E-state index in [1.54, 1.807) is 6.20 Å². The van der Waals surface area contributed by atoms with E-state index in [1.807, 2.05) is 12.1 Å². The Hall–Kier alpha value is -1.90. The van der Waals surface area contributed by atoms with Gasteiger partial charge in [0.15, 0.2) is 6.29 Å². The number of carbonyl (C=O) groups is 1. The van der Waals surface area contributed by atoms with Gasteiger partial charge < -0.3 is 0 Å². The van der Waals surface area contributed by atoms with Gasteiger partial charge in [-0.25, -0.2) is 0 Å². The van der Waals surface area contributed by atoms with Crippen LogP contribution in [0.3, 0.4) is 0 Å². The zero-order valence-corrected chi connectivity index (χ0v) is 9.94. The molecule has 17 heavy (non-hydrogen) atoms. The molecule has 3 heteroatoms. The lowest BCUT2D eigenvalue weighted by Gasteiger charge is -2.02. The number of unbranched alkanes of at least 4 members (excludes halogenated alkanes) is 1. The Morgan fingerprint density at radius 2 is 2.06 bits per heavy atom. The summed E-state index contributed by atoms with van der Waals surface area (Å²) < 4.78 is 0. The molecule has 0 bridgehead atoms. The molecule has 0 aliphatic carbocycles. The van der Waals surface area contributed by atoms with Gasteiger partial charge in [-0.2, -0.15) is 5.10 Å². The van der Waals surface area contributed by atoms with Crippen molar-refractivity contribution in [3.8, 4) is 11.3 Å². The Kier molecular flexibility index (Phi) is 3.70. The Balaban J connectivity index is 2.20. The van der Waals surface area contributed by atoms with Gasteiger partial charge in [0, 0.05) is 5.56 Å². The second-order valence-corrected chi connectivity index (χ2v) is 4.12. The minimum atomic E-state index is 0.603. The molecule has 2 aromatic rings. The minimum Gasteiger partial charge on any atom is -0.298 e. The zero-order chi connectivity index (χ0) is 12.1. The third kappa shape index (κ3) is 2.61. The first-order valence-corrected chi connectivity index (χ1v) is 5.93. The maximum absolute atomic E-state index is 10.8. The van der Waals surface area contributed by atoms with Gasteiger partial charge >= 0.3 is 0 Å². The number of hydrogen-bond donors (Lipinski definition) is 1. The second-order valence-electron chi connectivity index (χ2n) is 4.12. The average Bonchev–Trinajstić information content (AvgIpc) is 2.85. The number of carbonyl (C=O) groups excluding carboxylic acids is 1. The number of nitrogens with one attached hydrogen (secondary N) is 1. The third-order valence-corrected chi connectivity index (χ3v) is 2.86. The van der Waals surface area contributed by atoms with Crippen molar-refractivity contribution in [2.45, 2.75) is 26.2 Å². The lowest BCUT2D eigenvalue weighted by atomic mass is 10.0. The highest BCUT2D eigenvalue weighted by atomic mass is 16.1. The van der Waals surface area contributed by atoms with Crippen LogP contribution in [-0.4, -0.2) is 16.5 Å². The van der Waals surface area contributed by atoms with Gasteiger partial charge in [0.05, 0.1) is 17.5 Å². The van der Waals surface area contributed by atoms with E-state index >= 15 is 0 Å². The highest BCUT2D eigenvalue weighted by Crippen LogP contribution is 2.20. The highest BCUT2D eigenvalue weighted by Gasteiger charge is 2.06. The number of aromatic nitrogens is 2. The van der Waals surface area contributed by atoms with Crippen LogP contribution in [0.5, 0.6) is 0 Å². The van der Waals surface area contributed by atoms with Crippen LogP contribution in [0.2, 0.25) is 0 Å².